The molecule has 29 heavy (non-hydrogen) atoms. The molecule has 0 atom stereocenters. The van der Waals surface area contributed by atoms with E-state index in [2.05, 4.69) is 14.2 Å². The number of rotatable bonds is 20. The van der Waals surface area contributed by atoms with E-state index in [4.69, 9.17) is 23.7 Å². The molecular formula is C21H46B2O6. The summed E-state index contributed by atoms with van der Waals surface area (Å²) >= 11 is 0. The smallest absolute Gasteiger partial charge is 0.208 e. The average molecular weight is 416 g/mol. The highest BCUT2D eigenvalue weighted by atomic mass is 16.6. The van der Waals surface area contributed by atoms with Gasteiger partial charge in [-0.05, 0) is 0 Å². The van der Waals surface area contributed by atoms with Gasteiger partial charge in [0.05, 0.1) is 59.5 Å². The van der Waals surface area contributed by atoms with Gasteiger partial charge in [-0.25, -0.2) is 0 Å². The van der Waals surface area contributed by atoms with Crippen LogP contribution in [0, 0.1) is 0 Å². The minimum atomic E-state index is 0.0167. The highest BCUT2D eigenvalue weighted by Crippen LogP contribution is 1.96. The highest BCUT2D eigenvalue weighted by molar-refractivity contribution is 6.75. The highest BCUT2D eigenvalue weighted by Gasteiger charge is 2.06. The van der Waals surface area contributed by atoms with Gasteiger partial charge in [0.25, 0.3) is 0 Å². The van der Waals surface area contributed by atoms with E-state index < -0.39 is 0 Å². The normalized spacial score (nSPS) is 9.93. The molecule has 0 aliphatic carbocycles. The van der Waals surface area contributed by atoms with Crippen molar-refractivity contribution in [2.45, 2.75) is 66.9 Å². The van der Waals surface area contributed by atoms with E-state index in [-0.39, 0.29) is 18.1 Å². The SMILES string of the molecule is CC.CC.CC[B]CCOCCOCCOCCOCCOCC(=O)[B]C(C)C. The van der Waals surface area contributed by atoms with Gasteiger partial charge in [0, 0.05) is 6.61 Å². The Balaban J connectivity index is -0.00000158. The Morgan fingerprint density at radius 1 is 0.690 bits per heavy atom. The van der Waals surface area contributed by atoms with Crippen molar-refractivity contribution in [3.63, 3.8) is 0 Å². The first-order chi connectivity index (χ1) is 14.2. The van der Waals surface area contributed by atoms with Crippen LogP contribution in [-0.2, 0) is 28.5 Å². The van der Waals surface area contributed by atoms with Crippen LogP contribution in [-0.4, -0.2) is 86.3 Å². The quantitative estimate of drug-likeness (QED) is 0.223. The summed E-state index contributed by atoms with van der Waals surface area (Å²) in [6.45, 7) is 19.2. The predicted molar refractivity (Wildman–Crippen MR) is 124 cm³/mol. The molecule has 0 unspecified atom stereocenters. The minimum absolute atomic E-state index is 0.0167. The van der Waals surface area contributed by atoms with Gasteiger partial charge in [-0.2, -0.15) is 0 Å². The molecule has 2 radical (unpaired) electrons. The summed E-state index contributed by atoms with van der Waals surface area (Å²) in [7, 11) is 3.86. The van der Waals surface area contributed by atoms with E-state index in [1.54, 1.807) is 7.28 Å². The van der Waals surface area contributed by atoms with E-state index in [0.29, 0.717) is 52.9 Å². The van der Waals surface area contributed by atoms with Crippen LogP contribution in [0.25, 0.3) is 0 Å². The lowest BCUT2D eigenvalue weighted by molar-refractivity contribution is -0.116. The molecular weight excluding hydrogens is 370 g/mol. The van der Waals surface area contributed by atoms with Gasteiger partial charge in [-0.3, -0.25) is 0 Å². The molecule has 6 nitrogen and oxygen atoms in total. The third-order valence-electron chi connectivity index (χ3n) is 3.01. The molecule has 0 heterocycles. The summed E-state index contributed by atoms with van der Waals surface area (Å²) in [5, 5.41) is 0. The molecule has 0 N–H and O–H groups in total. The van der Waals surface area contributed by atoms with Crippen LogP contribution in [0.15, 0.2) is 0 Å². The Labute approximate surface area is 182 Å². The van der Waals surface area contributed by atoms with Crippen molar-refractivity contribution < 1.29 is 28.5 Å². The van der Waals surface area contributed by atoms with Gasteiger partial charge in [0.2, 0.25) is 7.28 Å². The molecule has 0 aromatic carbocycles. The Bertz CT molecular complexity index is 294. The van der Waals surface area contributed by atoms with Crippen LogP contribution in [0.5, 0.6) is 0 Å². The number of carbonyl (C=O) groups is 1. The summed E-state index contributed by atoms with van der Waals surface area (Å²) in [5.41, 5.74) is 0.0167. The molecule has 0 aromatic heterocycles. The zero-order valence-corrected chi connectivity index (χ0v) is 20.2. The van der Waals surface area contributed by atoms with Crippen molar-refractivity contribution in [2.75, 3.05) is 66.1 Å². The maximum atomic E-state index is 11.4. The summed E-state index contributed by atoms with van der Waals surface area (Å²) in [6, 6.07) is 0. The first kappa shape index (κ1) is 33.2. The number of hydrogen-bond acceptors (Lipinski definition) is 6. The largest absolute Gasteiger partial charge is 0.380 e. The second-order valence-electron chi connectivity index (χ2n) is 5.86. The van der Waals surface area contributed by atoms with Gasteiger partial charge < -0.3 is 28.5 Å². The molecule has 0 aromatic rings. The van der Waals surface area contributed by atoms with Crippen molar-refractivity contribution in [2.24, 2.45) is 0 Å². The van der Waals surface area contributed by atoms with E-state index >= 15 is 0 Å². The Morgan fingerprint density at radius 2 is 1.07 bits per heavy atom. The standard InChI is InChI=1S/C17H34B2O6.2C2H6/c1-4-18-5-6-21-7-8-22-9-10-23-11-12-24-13-14-25-15-17(20)19-16(2)3;2*1-2/h16H,4-15H2,1-3H3;2*1-2H3. The molecule has 0 aliphatic heterocycles. The zero-order chi connectivity index (χ0) is 22.6. The maximum absolute atomic E-state index is 11.4. The average Bonchev–Trinajstić information content (AvgIpc) is 2.72. The van der Waals surface area contributed by atoms with Crippen molar-refractivity contribution >= 4 is 20.2 Å². The fourth-order valence-electron chi connectivity index (χ4n) is 1.84. The van der Waals surface area contributed by atoms with Crippen molar-refractivity contribution in [1.29, 1.82) is 0 Å². The molecule has 0 aliphatic rings. The van der Waals surface area contributed by atoms with Crippen LogP contribution in [0.2, 0.25) is 18.5 Å². The number of ether oxygens (including phenoxy) is 5. The molecule has 0 amide bonds. The van der Waals surface area contributed by atoms with Crippen LogP contribution < -0.4 is 0 Å². The second-order valence-corrected chi connectivity index (χ2v) is 5.86. The number of carbonyl (C=O) groups excluding carboxylic acids is 1. The Morgan fingerprint density at radius 3 is 1.45 bits per heavy atom. The monoisotopic (exact) mass is 416 g/mol. The van der Waals surface area contributed by atoms with Crippen molar-refractivity contribution in [1.82, 2.24) is 0 Å². The van der Waals surface area contributed by atoms with E-state index in [1.165, 1.54) is 0 Å². The Kier molecular flexibility index (Phi) is 37.0. The van der Waals surface area contributed by atoms with Gasteiger partial charge in [-0.1, -0.05) is 66.9 Å². The summed E-state index contributed by atoms with van der Waals surface area (Å²) < 4.78 is 26.8. The van der Waals surface area contributed by atoms with Gasteiger partial charge in [0.1, 0.15) is 13.0 Å². The lowest BCUT2D eigenvalue weighted by atomic mass is 9.63. The summed E-state index contributed by atoms with van der Waals surface area (Å²) in [6.07, 6.45) is 2.09. The second kappa shape index (κ2) is 32.3. The van der Waals surface area contributed by atoms with Crippen LogP contribution in [0.1, 0.15) is 48.5 Å². The molecule has 0 spiro atoms. The topological polar surface area (TPSA) is 63.2 Å². The van der Waals surface area contributed by atoms with Gasteiger partial charge in [0.15, 0.2) is 0 Å². The molecule has 0 bridgehead atoms. The molecule has 0 saturated carbocycles. The maximum Gasteiger partial charge on any atom is 0.208 e. The van der Waals surface area contributed by atoms with E-state index in [9.17, 15) is 4.79 Å². The fraction of sp³-hybridized carbons (Fsp3) is 0.952. The van der Waals surface area contributed by atoms with Gasteiger partial charge in [-0.15, -0.1) is 0 Å². The lowest BCUT2D eigenvalue weighted by Crippen LogP contribution is -2.20. The third-order valence-corrected chi connectivity index (χ3v) is 3.01. The van der Waals surface area contributed by atoms with E-state index in [1.807, 2.05) is 41.5 Å². The van der Waals surface area contributed by atoms with Crippen LogP contribution in [0.3, 0.4) is 0 Å². The first-order valence-electron chi connectivity index (χ1n) is 11.2. The van der Waals surface area contributed by atoms with E-state index in [0.717, 1.165) is 19.2 Å². The predicted octanol–water partition coefficient (Wildman–Crippen LogP) is 3.74. The fourth-order valence-corrected chi connectivity index (χ4v) is 1.84. The molecule has 8 heteroatoms. The van der Waals surface area contributed by atoms with Crippen LogP contribution in [0.4, 0.5) is 0 Å². The van der Waals surface area contributed by atoms with Crippen molar-refractivity contribution in [3.8, 4) is 0 Å². The van der Waals surface area contributed by atoms with Crippen LogP contribution >= 0.6 is 0 Å². The third kappa shape index (κ3) is 35.4. The lowest BCUT2D eigenvalue weighted by Gasteiger charge is -2.08. The molecule has 0 saturated heterocycles. The minimum Gasteiger partial charge on any atom is -0.380 e. The Hall–Kier alpha value is -0.400. The summed E-state index contributed by atoms with van der Waals surface area (Å²) in [5.74, 6) is 0.255. The molecule has 0 rings (SSSR count). The number of hydrogen-bond donors (Lipinski definition) is 0. The zero-order valence-electron chi connectivity index (χ0n) is 20.2. The van der Waals surface area contributed by atoms with Gasteiger partial charge >= 0.3 is 0 Å². The first-order valence-corrected chi connectivity index (χ1v) is 11.2. The van der Waals surface area contributed by atoms with Crippen molar-refractivity contribution in [3.05, 3.63) is 0 Å². The molecule has 0 fully saturated rings. The molecule has 172 valence electrons. The summed E-state index contributed by atoms with van der Waals surface area (Å²) in [4.78, 5) is 11.4.